The van der Waals surface area contributed by atoms with Crippen LogP contribution in [0.25, 0.3) is 0 Å². The van der Waals surface area contributed by atoms with Crippen LogP contribution in [0.15, 0.2) is 12.4 Å². The number of hydrogen-bond acceptors (Lipinski definition) is 3. The molecule has 1 saturated heterocycles. The van der Waals surface area contributed by atoms with Crippen molar-refractivity contribution in [2.24, 2.45) is 18.4 Å². The van der Waals surface area contributed by atoms with E-state index in [1.54, 1.807) is 4.68 Å². The predicted molar refractivity (Wildman–Crippen MR) is 100 cm³/mol. The van der Waals surface area contributed by atoms with Crippen LogP contribution in [-0.2, 0) is 16.6 Å². The Morgan fingerprint density at radius 3 is 2.62 bits per heavy atom. The van der Waals surface area contributed by atoms with E-state index in [1.807, 2.05) is 24.3 Å². The van der Waals surface area contributed by atoms with E-state index in [1.165, 1.54) is 0 Å². The Balaban J connectivity index is 1.71. The third kappa shape index (κ3) is 3.94. The number of carbonyl (C=O) groups is 2. The van der Waals surface area contributed by atoms with Gasteiger partial charge in [0.05, 0.1) is 12.2 Å². The SMILES string of the molecule is CC(C)CCC(=O)N[C@@H]1CN(C(=O)C2(C)CCC2)C[C@H]1c1cnn(C)c1. The van der Waals surface area contributed by atoms with E-state index >= 15 is 0 Å². The molecule has 1 aliphatic heterocycles. The number of aryl methyl sites for hydroxylation is 1. The second kappa shape index (κ2) is 7.41. The monoisotopic (exact) mass is 360 g/mol. The Kier molecular flexibility index (Phi) is 5.39. The van der Waals surface area contributed by atoms with E-state index in [0.29, 0.717) is 25.4 Å². The van der Waals surface area contributed by atoms with Crippen molar-refractivity contribution < 1.29 is 9.59 Å². The lowest BCUT2D eigenvalue weighted by Gasteiger charge is -2.39. The fourth-order valence-electron chi connectivity index (χ4n) is 4.09. The van der Waals surface area contributed by atoms with E-state index in [2.05, 4.69) is 31.2 Å². The summed E-state index contributed by atoms with van der Waals surface area (Å²) in [6.07, 6.45) is 8.37. The van der Waals surface area contributed by atoms with Crippen molar-refractivity contribution in [1.29, 1.82) is 0 Å². The number of nitrogens with one attached hydrogen (secondary N) is 1. The molecular formula is C20H32N4O2. The van der Waals surface area contributed by atoms with E-state index in [4.69, 9.17) is 0 Å². The number of rotatable bonds is 6. The van der Waals surface area contributed by atoms with Crippen LogP contribution in [0.4, 0.5) is 0 Å². The van der Waals surface area contributed by atoms with Gasteiger partial charge in [-0.2, -0.15) is 5.10 Å². The Hall–Kier alpha value is -1.85. The van der Waals surface area contributed by atoms with Gasteiger partial charge in [-0.25, -0.2) is 0 Å². The summed E-state index contributed by atoms with van der Waals surface area (Å²) in [4.78, 5) is 27.3. The zero-order valence-corrected chi connectivity index (χ0v) is 16.5. The van der Waals surface area contributed by atoms with Crippen LogP contribution in [0, 0.1) is 11.3 Å². The molecule has 2 fully saturated rings. The fourth-order valence-corrected chi connectivity index (χ4v) is 4.09. The highest BCUT2D eigenvalue weighted by Gasteiger charge is 2.46. The van der Waals surface area contributed by atoms with Gasteiger partial charge >= 0.3 is 0 Å². The smallest absolute Gasteiger partial charge is 0.228 e. The quantitative estimate of drug-likeness (QED) is 0.847. The molecule has 26 heavy (non-hydrogen) atoms. The summed E-state index contributed by atoms with van der Waals surface area (Å²) < 4.78 is 1.78. The molecule has 6 heteroatoms. The molecule has 0 bridgehead atoms. The molecule has 1 saturated carbocycles. The van der Waals surface area contributed by atoms with Gasteiger partial charge in [-0.1, -0.05) is 27.2 Å². The number of hydrogen-bond donors (Lipinski definition) is 1. The number of aromatic nitrogens is 2. The van der Waals surface area contributed by atoms with Gasteiger partial charge in [-0.3, -0.25) is 14.3 Å². The second-order valence-corrected chi connectivity index (χ2v) is 8.78. The average molecular weight is 361 g/mol. The largest absolute Gasteiger partial charge is 0.351 e. The molecule has 1 N–H and O–H groups in total. The third-order valence-electron chi connectivity index (χ3n) is 6.03. The lowest BCUT2D eigenvalue weighted by Crippen LogP contribution is -2.46. The molecule has 2 aliphatic rings. The van der Waals surface area contributed by atoms with Gasteiger partial charge in [0, 0.05) is 44.1 Å². The Bertz CT molecular complexity index is 663. The van der Waals surface area contributed by atoms with E-state index in [0.717, 1.165) is 31.2 Å². The normalized spacial score (nSPS) is 24.6. The van der Waals surface area contributed by atoms with Crippen molar-refractivity contribution in [2.75, 3.05) is 13.1 Å². The van der Waals surface area contributed by atoms with Gasteiger partial charge in [0.25, 0.3) is 0 Å². The van der Waals surface area contributed by atoms with Crippen molar-refractivity contribution in [1.82, 2.24) is 20.0 Å². The molecule has 0 radical (unpaired) electrons. The van der Waals surface area contributed by atoms with Gasteiger partial charge in [-0.05, 0) is 30.7 Å². The highest BCUT2D eigenvalue weighted by molar-refractivity contribution is 5.84. The lowest BCUT2D eigenvalue weighted by atomic mass is 9.69. The maximum absolute atomic E-state index is 13.0. The molecular weight excluding hydrogens is 328 g/mol. The number of nitrogens with zero attached hydrogens (tertiary/aromatic N) is 3. The van der Waals surface area contributed by atoms with Gasteiger partial charge in [0.2, 0.25) is 11.8 Å². The van der Waals surface area contributed by atoms with Crippen molar-refractivity contribution >= 4 is 11.8 Å². The Morgan fingerprint density at radius 2 is 2.08 bits per heavy atom. The van der Waals surface area contributed by atoms with Crippen LogP contribution in [0.3, 0.4) is 0 Å². The van der Waals surface area contributed by atoms with Gasteiger partial charge in [0.15, 0.2) is 0 Å². The zero-order valence-electron chi connectivity index (χ0n) is 16.5. The molecule has 144 valence electrons. The summed E-state index contributed by atoms with van der Waals surface area (Å²) in [7, 11) is 1.90. The maximum Gasteiger partial charge on any atom is 0.228 e. The van der Waals surface area contributed by atoms with Crippen LogP contribution < -0.4 is 5.32 Å². The molecule has 2 heterocycles. The van der Waals surface area contributed by atoms with Gasteiger partial charge in [0.1, 0.15) is 0 Å². The number of carbonyl (C=O) groups excluding carboxylic acids is 2. The minimum Gasteiger partial charge on any atom is -0.351 e. The Morgan fingerprint density at radius 1 is 1.35 bits per heavy atom. The van der Waals surface area contributed by atoms with Crippen LogP contribution in [0.2, 0.25) is 0 Å². The van der Waals surface area contributed by atoms with Crippen molar-refractivity contribution in [3.05, 3.63) is 18.0 Å². The molecule has 2 atom stereocenters. The summed E-state index contributed by atoms with van der Waals surface area (Å²) >= 11 is 0. The van der Waals surface area contributed by atoms with Crippen LogP contribution in [0.1, 0.15) is 64.4 Å². The highest BCUT2D eigenvalue weighted by atomic mass is 16.2. The minimum atomic E-state index is -0.198. The van der Waals surface area contributed by atoms with Crippen molar-refractivity contribution in [2.45, 2.75) is 64.8 Å². The topological polar surface area (TPSA) is 67.2 Å². The summed E-state index contributed by atoms with van der Waals surface area (Å²) in [6, 6.07) is -0.0357. The van der Waals surface area contributed by atoms with Crippen LogP contribution in [0.5, 0.6) is 0 Å². The second-order valence-electron chi connectivity index (χ2n) is 8.78. The molecule has 2 amide bonds. The molecule has 0 aromatic carbocycles. The van der Waals surface area contributed by atoms with Gasteiger partial charge < -0.3 is 10.2 Å². The molecule has 0 spiro atoms. The highest BCUT2D eigenvalue weighted by Crippen LogP contribution is 2.43. The molecule has 1 aliphatic carbocycles. The minimum absolute atomic E-state index is 0.0357. The van der Waals surface area contributed by atoms with Crippen molar-refractivity contribution in [3.63, 3.8) is 0 Å². The first kappa shape index (κ1) is 18.9. The first-order chi connectivity index (χ1) is 12.3. The lowest BCUT2D eigenvalue weighted by molar-refractivity contribution is -0.145. The van der Waals surface area contributed by atoms with E-state index in [9.17, 15) is 9.59 Å². The summed E-state index contributed by atoms with van der Waals surface area (Å²) in [5.41, 5.74) is 0.895. The maximum atomic E-state index is 13.0. The summed E-state index contributed by atoms with van der Waals surface area (Å²) in [5.74, 6) is 0.952. The van der Waals surface area contributed by atoms with Crippen molar-refractivity contribution in [3.8, 4) is 0 Å². The number of amides is 2. The molecule has 1 aromatic heterocycles. The molecule has 0 unspecified atom stereocenters. The first-order valence-corrected chi connectivity index (χ1v) is 9.86. The average Bonchev–Trinajstić information content (AvgIpc) is 3.16. The predicted octanol–water partition coefficient (Wildman–Crippen LogP) is 2.46. The first-order valence-electron chi connectivity index (χ1n) is 9.86. The fraction of sp³-hybridized carbons (Fsp3) is 0.750. The zero-order chi connectivity index (χ0) is 18.9. The molecule has 3 rings (SSSR count). The van der Waals surface area contributed by atoms with Crippen LogP contribution >= 0.6 is 0 Å². The van der Waals surface area contributed by atoms with E-state index < -0.39 is 0 Å². The summed E-state index contributed by atoms with van der Waals surface area (Å²) in [6.45, 7) is 7.59. The standard InChI is InChI=1S/C20H32N4O2/c1-14(2)6-7-18(25)22-17-13-24(19(26)20(3)8-5-9-20)12-16(17)15-10-21-23(4)11-15/h10-11,14,16-17H,5-9,12-13H2,1-4H3,(H,22,25)/t16-,17+/m0/s1. The van der Waals surface area contributed by atoms with Crippen LogP contribution in [-0.4, -0.2) is 45.6 Å². The third-order valence-corrected chi connectivity index (χ3v) is 6.03. The summed E-state index contributed by atoms with van der Waals surface area (Å²) in [5, 5.41) is 7.48. The van der Waals surface area contributed by atoms with Gasteiger partial charge in [-0.15, -0.1) is 0 Å². The Labute approximate surface area is 156 Å². The number of likely N-dealkylation sites (tertiary alicyclic amines) is 1. The molecule has 1 aromatic rings. The molecule has 6 nitrogen and oxygen atoms in total. The van der Waals surface area contributed by atoms with E-state index in [-0.39, 0.29) is 29.2 Å².